The molecule has 8 heteroatoms. The van der Waals surface area contributed by atoms with E-state index in [1.165, 1.54) is 0 Å². The van der Waals surface area contributed by atoms with Crippen LogP contribution in [-0.2, 0) is 14.8 Å². The molecule has 1 aromatic rings. The van der Waals surface area contributed by atoms with E-state index in [0.717, 1.165) is 11.8 Å². The highest BCUT2D eigenvalue weighted by atomic mass is 35.5. The molecule has 6 nitrogen and oxygen atoms in total. The highest BCUT2D eigenvalue weighted by molar-refractivity contribution is 7.88. The number of nitrogens with zero attached hydrogens (tertiary/aromatic N) is 1. The van der Waals surface area contributed by atoms with Crippen molar-refractivity contribution >= 4 is 28.3 Å². The summed E-state index contributed by atoms with van der Waals surface area (Å²) in [6, 6.07) is 9.99. The zero-order valence-corrected chi connectivity index (χ0v) is 15.9. The largest absolute Gasteiger partial charge is 0.340 e. The van der Waals surface area contributed by atoms with Crippen LogP contribution in [0.3, 0.4) is 0 Å². The van der Waals surface area contributed by atoms with Gasteiger partial charge in [-0.05, 0) is 31.9 Å². The molecule has 136 valence electrons. The van der Waals surface area contributed by atoms with Crippen LogP contribution in [-0.4, -0.2) is 50.7 Å². The van der Waals surface area contributed by atoms with Crippen LogP contribution in [0.1, 0.15) is 25.3 Å². The Hall–Kier alpha value is -1.15. The van der Waals surface area contributed by atoms with Crippen molar-refractivity contribution in [1.82, 2.24) is 9.62 Å². The Morgan fingerprint density at radius 1 is 1.29 bits per heavy atom. The number of likely N-dealkylation sites (tertiary alicyclic amines) is 1. The molecular weight excluding hydrogens is 350 g/mol. The molecule has 0 spiro atoms. The summed E-state index contributed by atoms with van der Waals surface area (Å²) in [6.45, 7) is 4.76. The molecule has 1 aliphatic heterocycles. The van der Waals surface area contributed by atoms with Gasteiger partial charge in [0.2, 0.25) is 15.9 Å². The van der Waals surface area contributed by atoms with Gasteiger partial charge in [-0.1, -0.05) is 30.3 Å². The van der Waals surface area contributed by atoms with Gasteiger partial charge in [0.25, 0.3) is 0 Å². The second-order valence-corrected chi connectivity index (χ2v) is 8.47. The normalized spacial score (nSPS) is 21.4. The van der Waals surface area contributed by atoms with Crippen LogP contribution in [0.5, 0.6) is 0 Å². The fraction of sp³-hybridized carbons (Fsp3) is 0.562. The van der Waals surface area contributed by atoms with Gasteiger partial charge in [0, 0.05) is 19.0 Å². The molecule has 0 aromatic heterocycles. The van der Waals surface area contributed by atoms with Crippen LogP contribution in [0, 0.1) is 5.92 Å². The standard InChI is InChI=1S/C16H25N3O3S.ClH/c1-16(2,18-23(3,21)22)15(20)19-10-13(9-17)14(11-19)12-7-5-4-6-8-12;/h4-8,13-14,18H,9-11,17H2,1-3H3;1H/t13-,14+;/m1./s1. The Labute approximate surface area is 150 Å². The highest BCUT2D eigenvalue weighted by Gasteiger charge is 2.41. The molecule has 0 unspecified atom stereocenters. The van der Waals surface area contributed by atoms with Crippen molar-refractivity contribution in [2.24, 2.45) is 11.7 Å². The average molecular weight is 376 g/mol. The van der Waals surface area contributed by atoms with Gasteiger partial charge in [-0.3, -0.25) is 4.79 Å². The van der Waals surface area contributed by atoms with Gasteiger partial charge >= 0.3 is 0 Å². The maximum atomic E-state index is 12.7. The first-order chi connectivity index (χ1) is 10.6. The third-order valence-electron chi connectivity index (χ3n) is 4.23. The maximum Gasteiger partial charge on any atom is 0.243 e. The number of benzene rings is 1. The lowest BCUT2D eigenvalue weighted by molar-refractivity contribution is -0.135. The molecule has 0 bridgehead atoms. The van der Waals surface area contributed by atoms with Crippen LogP contribution < -0.4 is 10.5 Å². The van der Waals surface area contributed by atoms with Crippen molar-refractivity contribution < 1.29 is 13.2 Å². The molecule has 24 heavy (non-hydrogen) atoms. The van der Waals surface area contributed by atoms with Crippen molar-refractivity contribution in [3.63, 3.8) is 0 Å². The highest BCUT2D eigenvalue weighted by Crippen LogP contribution is 2.33. The van der Waals surface area contributed by atoms with Crippen molar-refractivity contribution in [3.8, 4) is 0 Å². The molecule has 0 radical (unpaired) electrons. The van der Waals surface area contributed by atoms with Crippen LogP contribution in [0.15, 0.2) is 30.3 Å². The first kappa shape index (κ1) is 20.9. The Morgan fingerprint density at radius 3 is 2.38 bits per heavy atom. The second-order valence-electron chi connectivity index (χ2n) is 6.72. The van der Waals surface area contributed by atoms with Crippen LogP contribution >= 0.6 is 12.4 Å². The van der Waals surface area contributed by atoms with Gasteiger partial charge in [-0.15, -0.1) is 12.4 Å². The molecule has 1 aliphatic rings. The van der Waals surface area contributed by atoms with E-state index < -0.39 is 15.6 Å². The number of halogens is 1. The Bertz CT molecular complexity index is 664. The lowest BCUT2D eigenvalue weighted by Gasteiger charge is -2.29. The van der Waals surface area contributed by atoms with Crippen LogP contribution in [0.2, 0.25) is 0 Å². The van der Waals surface area contributed by atoms with Crippen molar-refractivity contribution in [2.45, 2.75) is 25.3 Å². The van der Waals surface area contributed by atoms with E-state index in [0.29, 0.717) is 19.6 Å². The van der Waals surface area contributed by atoms with E-state index in [9.17, 15) is 13.2 Å². The Morgan fingerprint density at radius 2 is 1.88 bits per heavy atom. The fourth-order valence-corrected chi connectivity index (χ4v) is 4.27. The van der Waals surface area contributed by atoms with E-state index in [-0.39, 0.29) is 30.2 Å². The monoisotopic (exact) mass is 375 g/mol. The average Bonchev–Trinajstić information content (AvgIpc) is 2.89. The zero-order chi connectivity index (χ0) is 17.3. The fourth-order valence-electron chi connectivity index (χ4n) is 3.26. The van der Waals surface area contributed by atoms with E-state index in [1.54, 1.807) is 18.7 Å². The molecule has 2 atom stereocenters. The van der Waals surface area contributed by atoms with Crippen LogP contribution in [0.25, 0.3) is 0 Å². The predicted molar refractivity (Wildman–Crippen MR) is 97.6 cm³/mol. The summed E-state index contributed by atoms with van der Waals surface area (Å²) < 4.78 is 25.4. The first-order valence-corrected chi connectivity index (χ1v) is 9.56. The summed E-state index contributed by atoms with van der Waals surface area (Å²) in [5, 5.41) is 0. The minimum absolute atomic E-state index is 0. The SMILES string of the molecule is CC(C)(NS(C)(=O)=O)C(=O)N1C[C@@H](CN)[C@H](c2ccccc2)C1.Cl. The van der Waals surface area contributed by atoms with Gasteiger partial charge < -0.3 is 10.6 Å². The molecular formula is C16H26ClN3O3S. The van der Waals surface area contributed by atoms with Gasteiger partial charge in [0.1, 0.15) is 5.54 Å². The molecule has 1 heterocycles. The second kappa shape index (κ2) is 7.82. The lowest BCUT2D eigenvalue weighted by Crippen LogP contribution is -2.55. The van der Waals surface area contributed by atoms with Crippen LogP contribution in [0.4, 0.5) is 0 Å². The van der Waals surface area contributed by atoms with E-state index in [4.69, 9.17) is 5.73 Å². The minimum Gasteiger partial charge on any atom is -0.340 e. The summed E-state index contributed by atoms with van der Waals surface area (Å²) in [7, 11) is -3.46. The van der Waals surface area contributed by atoms with Gasteiger partial charge in [-0.25, -0.2) is 13.1 Å². The van der Waals surface area contributed by atoms with Crippen molar-refractivity contribution in [3.05, 3.63) is 35.9 Å². The predicted octanol–water partition coefficient (Wildman–Crippen LogP) is 0.937. The number of carbonyl (C=O) groups excluding carboxylic acids is 1. The molecule has 1 fully saturated rings. The Balaban J connectivity index is 0.00000288. The number of carbonyl (C=O) groups is 1. The molecule has 1 amide bonds. The molecule has 3 N–H and O–H groups in total. The van der Waals surface area contributed by atoms with Gasteiger partial charge in [-0.2, -0.15) is 0 Å². The Kier molecular flexibility index (Phi) is 6.81. The zero-order valence-electron chi connectivity index (χ0n) is 14.2. The summed E-state index contributed by atoms with van der Waals surface area (Å²) in [4.78, 5) is 14.5. The smallest absolute Gasteiger partial charge is 0.243 e. The number of rotatable bonds is 5. The van der Waals surface area contributed by atoms with Crippen molar-refractivity contribution in [2.75, 3.05) is 25.9 Å². The van der Waals surface area contributed by atoms with E-state index >= 15 is 0 Å². The van der Waals surface area contributed by atoms with Gasteiger partial charge in [0.05, 0.1) is 6.26 Å². The summed E-state index contributed by atoms with van der Waals surface area (Å²) in [5.41, 5.74) is 5.88. The quantitative estimate of drug-likeness (QED) is 0.800. The third kappa shape index (κ3) is 4.92. The molecule has 2 rings (SSSR count). The number of sulfonamides is 1. The maximum absolute atomic E-state index is 12.7. The third-order valence-corrected chi connectivity index (χ3v) is 5.12. The molecule has 1 saturated heterocycles. The summed E-state index contributed by atoms with van der Waals surface area (Å²) in [5.74, 6) is 0.134. The van der Waals surface area contributed by atoms with Crippen molar-refractivity contribution in [1.29, 1.82) is 0 Å². The lowest BCUT2D eigenvalue weighted by atomic mass is 9.89. The van der Waals surface area contributed by atoms with E-state index in [2.05, 4.69) is 4.72 Å². The van der Waals surface area contributed by atoms with Gasteiger partial charge in [0.15, 0.2) is 0 Å². The number of hydrogen-bond donors (Lipinski definition) is 2. The number of nitrogens with one attached hydrogen (secondary N) is 1. The van der Waals surface area contributed by atoms with E-state index in [1.807, 2.05) is 30.3 Å². The topological polar surface area (TPSA) is 92.5 Å². The molecule has 0 aliphatic carbocycles. The minimum atomic E-state index is -3.46. The summed E-state index contributed by atoms with van der Waals surface area (Å²) >= 11 is 0. The molecule has 1 aromatic carbocycles. The number of amides is 1. The summed E-state index contributed by atoms with van der Waals surface area (Å²) in [6.07, 6.45) is 1.06. The first-order valence-electron chi connectivity index (χ1n) is 7.67. The number of nitrogens with two attached hydrogens (primary N) is 1. The number of hydrogen-bond acceptors (Lipinski definition) is 4. The molecule has 0 saturated carbocycles.